The summed E-state index contributed by atoms with van der Waals surface area (Å²) in [6, 6.07) is 3.52. The molecule has 2 aromatic rings. The van der Waals surface area contributed by atoms with Crippen LogP contribution in [0.2, 0.25) is 0 Å². The minimum absolute atomic E-state index is 0.177. The van der Waals surface area contributed by atoms with E-state index in [1.54, 1.807) is 37.1 Å². The Balaban J connectivity index is 1.91. The molecule has 0 aliphatic heterocycles. The molecule has 1 aliphatic rings. The van der Waals surface area contributed by atoms with E-state index >= 15 is 0 Å². The number of benzene rings is 1. The first kappa shape index (κ1) is 25.6. The number of ether oxygens (including phenoxy) is 4. The molecule has 34 heavy (non-hydrogen) atoms. The number of aliphatic carboxylic acids is 1. The van der Waals surface area contributed by atoms with E-state index in [9.17, 15) is 19.8 Å². The summed E-state index contributed by atoms with van der Waals surface area (Å²) >= 11 is 0. The zero-order chi connectivity index (χ0) is 24.8. The number of methoxy groups -OCH3 is 3. The van der Waals surface area contributed by atoms with Crippen molar-refractivity contribution in [2.24, 2.45) is 5.92 Å². The summed E-state index contributed by atoms with van der Waals surface area (Å²) < 4.78 is 23.6. The van der Waals surface area contributed by atoms with Crippen LogP contribution >= 0.6 is 0 Å². The summed E-state index contributed by atoms with van der Waals surface area (Å²) in [5.41, 5.74) is 1.91. The Morgan fingerprint density at radius 2 is 1.76 bits per heavy atom. The van der Waals surface area contributed by atoms with Crippen molar-refractivity contribution in [1.82, 2.24) is 4.57 Å². The average Bonchev–Trinajstić information content (AvgIpc) is 3.17. The zero-order valence-electron chi connectivity index (χ0n) is 20.1. The van der Waals surface area contributed by atoms with Gasteiger partial charge in [-0.1, -0.05) is 6.42 Å². The van der Waals surface area contributed by atoms with Gasteiger partial charge in [-0.2, -0.15) is 0 Å². The van der Waals surface area contributed by atoms with Gasteiger partial charge in [-0.25, -0.2) is 4.79 Å². The molecule has 1 saturated carbocycles. The van der Waals surface area contributed by atoms with Crippen LogP contribution in [0.1, 0.15) is 52.4 Å². The summed E-state index contributed by atoms with van der Waals surface area (Å²) in [7, 11) is 4.36. The minimum atomic E-state index is -1.06. The predicted molar refractivity (Wildman–Crippen MR) is 123 cm³/mol. The van der Waals surface area contributed by atoms with Crippen LogP contribution in [0.3, 0.4) is 0 Å². The van der Waals surface area contributed by atoms with Crippen molar-refractivity contribution in [3.05, 3.63) is 46.8 Å². The van der Waals surface area contributed by atoms with Gasteiger partial charge in [0.05, 0.1) is 39.9 Å². The molecule has 1 fully saturated rings. The lowest BCUT2D eigenvalue weighted by Crippen LogP contribution is -2.31. The number of hydrogen-bond acceptors (Lipinski definition) is 7. The summed E-state index contributed by atoms with van der Waals surface area (Å²) in [4.78, 5) is 23.4. The van der Waals surface area contributed by atoms with Gasteiger partial charge in [-0.05, 0) is 48.9 Å². The molecule has 3 rings (SSSR count). The molecule has 0 saturated heterocycles. The molecule has 9 heteroatoms. The number of aromatic nitrogens is 1. The van der Waals surface area contributed by atoms with Gasteiger partial charge in [0, 0.05) is 24.6 Å². The van der Waals surface area contributed by atoms with Gasteiger partial charge in [-0.3, -0.25) is 4.79 Å². The second-order valence-corrected chi connectivity index (χ2v) is 8.62. The molecular weight excluding hydrogens is 442 g/mol. The topological polar surface area (TPSA) is 116 Å². The normalized spacial score (nSPS) is 15.3. The van der Waals surface area contributed by atoms with Gasteiger partial charge in [-0.15, -0.1) is 0 Å². The molecule has 0 spiro atoms. The molecule has 0 amide bonds. The van der Waals surface area contributed by atoms with Crippen LogP contribution in [0.5, 0.6) is 11.5 Å². The van der Waals surface area contributed by atoms with Crippen molar-refractivity contribution in [3.8, 4) is 11.5 Å². The standard InChI is InChI=1S/C25H33NO8/c1-15-20(31-2)8-17(9-21(15)32-3)24(29)22(34-14-16-6-5-7-16)13-26-11-18(10-23(27)28)19(12-26)25(30)33-4/h8-9,11-12,16,22,24,29H,5-7,10,13-14H2,1-4H3,(H,27,28). The minimum Gasteiger partial charge on any atom is -0.496 e. The Kier molecular flexibility index (Phi) is 8.57. The quantitative estimate of drug-likeness (QED) is 0.450. The van der Waals surface area contributed by atoms with E-state index < -0.39 is 24.1 Å². The molecule has 0 radical (unpaired) electrons. The largest absolute Gasteiger partial charge is 0.496 e. The number of carboxylic acids is 1. The molecule has 0 bridgehead atoms. The van der Waals surface area contributed by atoms with E-state index in [0.717, 1.165) is 18.4 Å². The van der Waals surface area contributed by atoms with E-state index in [4.69, 9.17) is 18.9 Å². The zero-order valence-corrected chi connectivity index (χ0v) is 20.1. The highest BCUT2D eigenvalue weighted by atomic mass is 16.5. The first-order chi connectivity index (χ1) is 16.3. The van der Waals surface area contributed by atoms with E-state index in [2.05, 4.69) is 0 Å². The molecule has 1 heterocycles. The van der Waals surface area contributed by atoms with Crippen LogP contribution in [-0.4, -0.2) is 60.8 Å². The maximum absolute atomic E-state index is 12.2. The Morgan fingerprint density at radius 1 is 1.12 bits per heavy atom. The Morgan fingerprint density at radius 3 is 2.26 bits per heavy atom. The number of esters is 1. The Bertz CT molecular complexity index is 985. The molecule has 1 aliphatic carbocycles. The fourth-order valence-electron chi connectivity index (χ4n) is 4.12. The highest BCUT2D eigenvalue weighted by Crippen LogP contribution is 2.35. The number of carboxylic acid groups (broad SMARTS) is 1. The number of nitrogens with zero attached hydrogens (tertiary/aromatic N) is 1. The van der Waals surface area contributed by atoms with E-state index in [0.29, 0.717) is 35.2 Å². The Labute approximate surface area is 199 Å². The first-order valence-electron chi connectivity index (χ1n) is 11.3. The van der Waals surface area contributed by atoms with Gasteiger partial charge < -0.3 is 33.7 Å². The van der Waals surface area contributed by atoms with Crippen molar-refractivity contribution in [3.63, 3.8) is 0 Å². The molecule has 186 valence electrons. The lowest BCUT2D eigenvalue weighted by molar-refractivity contribution is -0.136. The molecule has 2 unspecified atom stereocenters. The van der Waals surface area contributed by atoms with Gasteiger partial charge in [0.25, 0.3) is 0 Å². The molecular formula is C25H33NO8. The summed E-state index contributed by atoms with van der Waals surface area (Å²) in [5.74, 6) is -0.0441. The third kappa shape index (κ3) is 5.90. The summed E-state index contributed by atoms with van der Waals surface area (Å²) in [6.07, 6.45) is 4.48. The monoisotopic (exact) mass is 475 g/mol. The number of aliphatic hydroxyl groups excluding tert-OH is 1. The number of aliphatic hydroxyl groups is 1. The SMILES string of the molecule is COC(=O)c1cn(CC(OCC2CCC2)C(O)c2cc(OC)c(C)c(OC)c2)cc1CC(=O)O. The van der Waals surface area contributed by atoms with E-state index in [1.807, 2.05) is 6.92 Å². The van der Waals surface area contributed by atoms with Crippen molar-refractivity contribution in [1.29, 1.82) is 0 Å². The van der Waals surface area contributed by atoms with Crippen LogP contribution in [0.15, 0.2) is 24.5 Å². The lowest BCUT2D eigenvalue weighted by atomic mass is 9.86. The van der Waals surface area contributed by atoms with Crippen molar-refractivity contribution >= 4 is 11.9 Å². The van der Waals surface area contributed by atoms with Gasteiger partial charge in [0.1, 0.15) is 23.7 Å². The maximum atomic E-state index is 12.2. The second kappa shape index (κ2) is 11.4. The fourth-order valence-corrected chi connectivity index (χ4v) is 4.12. The summed E-state index contributed by atoms with van der Waals surface area (Å²) in [6.45, 7) is 2.58. The molecule has 2 atom stereocenters. The van der Waals surface area contributed by atoms with Gasteiger partial charge in [0.15, 0.2) is 0 Å². The summed E-state index contributed by atoms with van der Waals surface area (Å²) in [5, 5.41) is 20.5. The Hall–Kier alpha value is -3.04. The fraction of sp³-hybridized carbons (Fsp3) is 0.520. The maximum Gasteiger partial charge on any atom is 0.339 e. The third-order valence-electron chi connectivity index (χ3n) is 6.34. The molecule has 2 N–H and O–H groups in total. The van der Waals surface area contributed by atoms with Crippen LogP contribution < -0.4 is 9.47 Å². The smallest absolute Gasteiger partial charge is 0.339 e. The number of carbonyl (C=O) groups is 2. The molecule has 1 aromatic heterocycles. The predicted octanol–water partition coefficient (Wildman–Crippen LogP) is 3.15. The average molecular weight is 476 g/mol. The van der Waals surface area contributed by atoms with Crippen LogP contribution in [0, 0.1) is 12.8 Å². The van der Waals surface area contributed by atoms with E-state index in [-0.39, 0.29) is 18.5 Å². The number of carbonyl (C=O) groups excluding carboxylic acids is 1. The van der Waals surface area contributed by atoms with Crippen molar-refractivity contribution in [2.45, 2.75) is 51.4 Å². The molecule has 9 nitrogen and oxygen atoms in total. The highest BCUT2D eigenvalue weighted by molar-refractivity contribution is 5.92. The highest BCUT2D eigenvalue weighted by Gasteiger charge is 2.28. The first-order valence-corrected chi connectivity index (χ1v) is 11.3. The third-order valence-corrected chi connectivity index (χ3v) is 6.34. The van der Waals surface area contributed by atoms with Crippen LogP contribution in [0.4, 0.5) is 0 Å². The lowest BCUT2D eigenvalue weighted by Gasteiger charge is -2.30. The van der Waals surface area contributed by atoms with Gasteiger partial charge in [0.2, 0.25) is 0 Å². The van der Waals surface area contributed by atoms with Gasteiger partial charge >= 0.3 is 11.9 Å². The number of hydrogen-bond donors (Lipinski definition) is 2. The van der Waals surface area contributed by atoms with Crippen molar-refractivity contribution < 1.29 is 38.7 Å². The van der Waals surface area contributed by atoms with Crippen LogP contribution in [-0.2, 0) is 27.2 Å². The van der Waals surface area contributed by atoms with Crippen molar-refractivity contribution in [2.75, 3.05) is 27.9 Å². The second-order valence-electron chi connectivity index (χ2n) is 8.62. The van der Waals surface area contributed by atoms with E-state index in [1.165, 1.54) is 19.7 Å². The number of rotatable bonds is 12. The molecule has 1 aromatic carbocycles. The van der Waals surface area contributed by atoms with Crippen LogP contribution in [0.25, 0.3) is 0 Å².